The minimum absolute atomic E-state index is 0.147. The highest BCUT2D eigenvalue weighted by Crippen LogP contribution is 2.42. The predicted molar refractivity (Wildman–Crippen MR) is 92.5 cm³/mol. The molecular formula is C18H16FN5. The Morgan fingerprint density at radius 1 is 1.21 bits per heavy atom. The van der Waals surface area contributed by atoms with Gasteiger partial charge in [-0.25, -0.2) is 14.4 Å². The molecule has 5 rings (SSSR count). The van der Waals surface area contributed by atoms with Crippen LogP contribution in [0.1, 0.15) is 11.6 Å². The highest BCUT2D eigenvalue weighted by molar-refractivity contribution is 5.96. The fourth-order valence-electron chi connectivity index (χ4n) is 3.69. The molecule has 4 heterocycles. The first-order valence-corrected chi connectivity index (χ1v) is 7.83. The smallest absolute Gasteiger partial charge is 0.135 e. The van der Waals surface area contributed by atoms with Crippen LogP contribution in [-0.2, 0) is 7.05 Å². The fourth-order valence-corrected chi connectivity index (χ4v) is 3.69. The number of hydrazine groups is 1. The number of hydrogen-bond donors (Lipinski definition) is 2. The number of likely N-dealkylation sites (N-methyl/N-ethyl adjacent to an activating group) is 1. The average Bonchev–Trinajstić information content (AvgIpc) is 3.23. The SMILES string of the molecule is CN1NC=C2C=Nc3[nH]c(-c4cn(C)c5ccc(F)cc45)cc3C21. The van der Waals surface area contributed by atoms with Crippen LogP contribution in [0.3, 0.4) is 0 Å². The lowest BCUT2D eigenvalue weighted by Crippen LogP contribution is -2.29. The molecule has 24 heavy (non-hydrogen) atoms. The number of aromatic nitrogens is 2. The minimum atomic E-state index is -0.228. The number of nitrogens with zero attached hydrogens (tertiary/aromatic N) is 3. The number of hydrogen-bond acceptors (Lipinski definition) is 3. The van der Waals surface area contributed by atoms with Gasteiger partial charge in [0.1, 0.15) is 11.6 Å². The van der Waals surface area contributed by atoms with Crippen molar-refractivity contribution in [2.75, 3.05) is 7.05 Å². The summed E-state index contributed by atoms with van der Waals surface area (Å²) in [6, 6.07) is 7.15. The zero-order valence-electron chi connectivity index (χ0n) is 13.3. The van der Waals surface area contributed by atoms with E-state index in [1.807, 2.05) is 43.3 Å². The molecule has 0 amide bonds. The van der Waals surface area contributed by atoms with Gasteiger partial charge >= 0.3 is 0 Å². The Bertz CT molecular complexity index is 1040. The van der Waals surface area contributed by atoms with Crippen molar-refractivity contribution in [3.8, 4) is 11.3 Å². The Labute approximate surface area is 138 Å². The third kappa shape index (κ3) is 1.74. The first-order valence-electron chi connectivity index (χ1n) is 7.83. The van der Waals surface area contributed by atoms with Gasteiger partial charge in [-0.3, -0.25) is 0 Å². The van der Waals surface area contributed by atoms with Gasteiger partial charge in [0.25, 0.3) is 0 Å². The zero-order valence-corrected chi connectivity index (χ0v) is 13.3. The first-order chi connectivity index (χ1) is 11.6. The van der Waals surface area contributed by atoms with Crippen molar-refractivity contribution in [3.63, 3.8) is 0 Å². The molecule has 0 saturated carbocycles. The van der Waals surface area contributed by atoms with Crippen molar-refractivity contribution >= 4 is 22.9 Å². The van der Waals surface area contributed by atoms with Crippen LogP contribution in [0.15, 0.2) is 47.2 Å². The predicted octanol–water partition coefficient (Wildman–Crippen LogP) is 3.40. The highest BCUT2D eigenvalue weighted by Gasteiger charge is 2.31. The third-order valence-corrected chi connectivity index (χ3v) is 4.84. The topological polar surface area (TPSA) is 48.4 Å². The third-order valence-electron chi connectivity index (χ3n) is 4.84. The lowest BCUT2D eigenvalue weighted by molar-refractivity contribution is 0.253. The molecule has 2 aliphatic rings. The fraction of sp³-hybridized carbons (Fsp3) is 0.167. The number of fused-ring (bicyclic) bond motifs is 4. The van der Waals surface area contributed by atoms with E-state index in [1.54, 1.807) is 6.07 Å². The standard InChI is InChI=1S/C18H16FN5/c1-23-9-14(12-5-11(19)3-4-16(12)23)15-6-13-17-10(8-21-24(17)2)7-20-18(13)22-15/h3-9,17,21-22H,1-2H3. The van der Waals surface area contributed by atoms with E-state index >= 15 is 0 Å². The molecule has 2 N–H and O–H groups in total. The molecule has 6 heteroatoms. The van der Waals surface area contributed by atoms with E-state index in [0.717, 1.165) is 39.1 Å². The van der Waals surface area contributed by atoms with Gasteiger partial charge in [0.15, 0.2) is 0 Å². The molecule has 0 fully saturated rings. The number of aliphatic imine (C=N–C) groups is 1. The van der Waals surface area contributed by atoms with Crippen LogP contribution in [0.25, 0.3) is 22.2 Å². The Balaban J connectivity index is 1.70. The number of nitrogens with one attached hydrogen (secondary N) is 2. The lowest BCUT2D eigenvalue weighted by Gasteiger charge is -2.23. The van der Waals surface area contributed by atoms with Crippen LogP contribution in [0, 0.1) is 5.82 Å². The maximum atomic E-state index is 13.7. The van der Waals surface area contributed by atoms with Gasteiger partial charge < -0.3 is 15.0 Å². The van der Waals surface area contributed by atoms with Crippen molar-refractivity contribution in [2.45, 2.75) is 6.04 Å². The maximum absolute atomic E-state index is 13.7. The molecule has 120 valence electrons. The summed E-state index contributed by atoms with van der Waals surface area (Å²) in [6.07, 6.45) is 5.88. The summed E-state index contributed by atoms with van der Waals surface area (Å²) in [7, 11) is 3.98. The molecule has 5 nitrogen and oxygen atoms in total. The van der Waals surface area contributed by atoms with E-state index in [0.29, 0.717) is 0 Å². The van der Waals surface area contributed by atoms with Gasteiger partial charge in [0.2, 0.25) is 0 Å². The number of benzene rings is 1. The van der Waals surface area contributed by atoms with Crippen molar-refractivity contribution in [3.05, 3.63) is 53.6 Å². The van der Waals surface area contributed by atoms with Crippen LogP contribution in [-0.4, -0.2) is 27.8 Å². The lowest BCUT2D eigenvalue weighted by atomic mass is 10.00. The van der Waals surface area contributed by atoms with Crippen molar-refractivity contribution in [2.24, 2.45) is 12.0 Å². The van der Waals surface area contributed by atoms with Crippen molar-refractivity contribution < 1.29 is 4.39 Å². The van der Waals surface area contributed by atoms with Crippen LogP contribution in [0.2, 0.25) is 0 Å². The van der Waals surface area contributed by atoms with E-state index in [-0.39, 0.29) is 11.9 Å². The quantitative estimate of drug-likeness (QED) is 0.722. The largest absolute Gasteiger partial charge is 0.350 e. The Morgan fingerprint density at radius 3 is 2.96 bits per heavy atom. The molecule has 0 saturated heterocycles. The summed E-state index contributed by atoms with van der Waals surface area (Å²) in [5.41, 5.74) is 8.41. The first kappa shape index (κ1) is 13.6. The van der Waals surface area contributed by atoms with Gasteiger partial charge in [-0.15, -0.1) is 0 Å². The molecular weight excluding hydrogens is 305 g/mol. The van der Waals surface area contributed by atoms with E-state index in [4.69, 9.17) is 0 Å². The molecule has 2 aliphatic heterocycles. The molecule has 1 aromatic carbocycles. The number of rotatable bonds is 1. The Hall–Kier alpha value is -2.86. The van der Waals surface area contributed by atoms with E-state index < -0.39 is 0 Å². The molecule has 0 radical (unpaired) electrons. The average molecular weight is 321 g/mol. The molecule has 0 spiro atoms. The number of aromatic amines is 1. The monoisotopic (exact) mass is 321 g/mol. The van der Waals surface area contributed by atoms with Crippen LogP contribution in [0.5, 0.6) is 0 Å². The van der Waals surface area contributed by atoms with Crippen molar-refractivity contribution in [1.82, 2.24) is 20.0 Å². The van der Waals surface area contributed by atoms with Crippen molar-refractivity contribution in [1.29, 1.82) is 0 Å². The number of H-pyrrole nitrogens is 1. The summed E-state index contributed by atoms with van der Waals surface area (Å²) in [5.74, 6) is 0.630. The summed E-state index contributed by atoms with van der Waals surface area (Å²) < 4.78 is 15.7. The minimum Gasteiger partial charge on any atom is -0.350 e. The Kier molecular flexibility index (Phi) is 2.59. The molecule has 0 bridgehead atoms. The summed E-state index contributed by atoms with van der Waals surface area (Å²) in [6.45, 7) is 0. The molecule has 1 unspecified atom stereocenters. The maximum Gasteiger partial charge on any atom is 0.135 e. The highest BCUT2D eigenvalue weighted by atomic mass is 19.1. The van der Waals surface area contributed by atoms with Gasteiger partial charge in [0, 0.05) is 66.0 Å². The van der Waals surface area contributed by atoms with Crippen LogP contribution >= 0.6 is 0 Å². The normalized spacial score (nSPS) is 19.3. The Morgan fingerprint density at radius 2 is 2.08 bits per heavy atom. The molecule has 1 atom stereocenters. The van der Waals surface area contributed by atoms with Gasteiger partial charge in [0.05, 0.1) is 6.04 Å². The van der Waals surface area contributed by atoms with E-state index in [2.05, 4.69) is 26.5 Å². The molecule has 3 aromatic rings. The summed E-state index contributed by atoms with van der Waals surface area (Å²) in [4.78, 5) is 7.92. The number of aryl methyl sites for hydroxylation is 1. The number of halogens is 1. The van der Waals surface area contributed by atoms with E-state index in [1.165, 1.54) is 6.07 Å². The summed E-state index contributed by atoms with van der Waals surface area (Å²) in [5, 5.41) is 2.95. The second-order valence-corrected chi connectivity index (χ2v) is 6.35. The van der Waals surface area contributed by atoms with Gasteiger partial charge in [-0.1, -0.05) is 0 Å². The summed E-state index contributed by atoms with van der Waals surface area (Å²) >= 11 is 0. The zero-order chi connectivity index (χ0) is 16.4. The van der Waals surface area contributed by atoms with E-state index in [9.17, 15) is 4.39 Å². The van der Waals surface area contributed by atoms with Gasteiger partial charge in [-0.05, 0) is 24.3 Å². The second-order valence-electron chi connectivity index (χ2n) is 6.35. The van der Waals surface area contributed by atoms with Crippen LogP contribution in [0.4, 0.5) is 10.2 Å². The molecule has 2 aromatic heterocycles. The second kappa shape index (κ2) is 4.58. The molecule has 0 aliphatic carbocycles. The van der Waals surface area contributed by atoms with Crippen LogP contribution < -0.4 is 5.43 Å². The van der Waals surface area contributed by atoms with Gasteiger partial charge in [-0.2, -0.15) is 0 Å².